The third kappa shape index (κ3) is 2.58. The van der Waals surface area contributed by atoms with Crippen LogP contribution < -0.4 is 5.32 Å². The van der Waals surface area contributed by atoms with E-state index in [1.54, 1.807) is 0 Å². The maximum absolute atomic E-state index is 11.6. The van der Waals surface area contributed by atoms with Crippen LogP contribution in [0.3, 0.4) is 0 Å². The summed E-state index contributed by atoms with van der Waals surface area (Å²) in [5.74, 6) is 0.544. The number of fused-ring (bicyclic) bond motifs is 1. The molecular formula is C15H17N3OS. The molecule has 1 heterocycles. The number of nitrogens with zero attached hydrogens (tertiary/aromatic N) is 1. The van der Waals surface area contributed by atoms with Crippen molar-refractivity contribution in [2.45, 2.75) is 25.7 Å². The van der Waals surface area contributed by atoms with Crippen LogP contribution >= 0.6 is 12.6 Å². The van der Waals surface area contributed by atoms with E-state index in [0.29, 0.717) is 12.2 Å². The Hall–Kier alpha value is -1.75. The van der Waals surface area contributed by atoms with Crippen LogP contribution in [0.2, 0.25) is 0 Å². The number of thiol groups is 1. The summed E-state index contributed by atoms with van der Waals surface area (Å²) in [5, 5.41) is 10.4. The molecule has 2 aromatic rings. The van der Waals surface area contributed by atoms with Gasteiger partial charge in [-0.25, -0.2) is 0 Å². The standard InChI is InChI=1S/C15H17N3OS/c19-14(7-8-20)16-11-4-1-3-10(9-11)15-12-5-2-6-13(12)17-18-15/h1,3-4,9,20H,2,5-8H2,(H,16,19)(H,17,18). The van der Waals surface area contributed by atoms with Crippen molar-refractivity contribution in [3.05, 3.63) is 35.5 Å². The van der Waals surface area contributed by atoms with Crippen molar-refractivity contribution < 1.29 is 4.79 Å². The average molecular weight is 287 g/mol. The van der Waals surface area contributed by atoms with E-state index in [4.69, 9.17) is 0 Å². The van der Waals surface area contributed by atoms with Crippen LogP contribution in [0.4, 0.5) is 5.69 Å². The molecule has 0 saturated heterocycles. The first-order chi connectivity index (χ1) is 9.78. The molecule has 0 unspecified atom stereocenters. The summed E-state index contributed by atoms with van der Waals surface area (Å²) in [7, 11) is 0. The largest absolute Gasteiger partial charge is 0.326 e. The molecule has 104 valence electrons. The van der Waals surface area contributed by atoms with Gasteiger partial charge in [-0.2, -0.15) is 17.7 Å². The van der Waals surface area contributed by atoms with Gasteiger partial charge >= 0.3 is 0 Å². The zero-order chi connectivity index (χ0) is 13.9. The number of aromatic amines is 1. The monoisotopic (exact) mass is 287 g/mol. The summed E-state index contributed by atoms with van der Waals surface area (Å²) in [5.41, 5.74) is 5.45. The van der Waals surface area contributed by atoms with E-state index in [0.717, 1.165) is 29.8 Å². The first kappa shape index (κ1) is 13.2. The van der Waals surface area contributed by atoms with Gasteiger partial charge in [-0.05, 0) is 37.1 Å². The van der Waals surface area contributed by atoms with E-state index in [2.05, 4.69) is 28.1 Å². The molecule has 1 aromatic heterocycles. The van der Waals surface area contributed by atoms with Gasteiger partial charge in [0.25, 0.3) is 0 Å². The summed E-state index contributed by atoms with van der Waals surface area (Å²) in [4.78, 5) is 11.6. The predicted molar refractivity (Wildman–Crippen MR) is 83.1 cm³/mol. The number of carbonyl (C=O) groups is 1. The van der Waals surface area contributed by atoms with Crippen LogP contribution in [0.15, 0.2) is 24.3 Å². The van der Waals surface area contributed by atoms with Crippen molar-refractivity contribution in [1.29, 1.82) is 0 Å². The van der Waals surface area contributed by atoms with E-state index in [9.17, 15) is 4.79 Å². The lowest BCUT2D eigenvalue weighted by Gasteiger charge is -2.06. The van der Waals surface area contributed by atoms with Gasteiger partial charge in [-0.1, -0.05) is 12.1 Å². The Morgan fingerprint density at radius 2 is 2.30 bits per heavy atom. The smallest absolute Gasteiger partial charge is 0.225 e. The number of aryl methyl sites for hydroxylation is 1. The minimum atomic E-state index is -0.00981. The van der Waals surface area contributed by atoms with E-state index in [-0.39, 0.29) is 5.91 Å². The Balaban J connectivity index is 1.85. The summed E-state index contributed by atoms with van der Waals surface area (Å²) in [6.45, 7) is 0. The molecule has 0 atom stereocenters. The first-order valence-corrected chi connectivity index (χ1v) is 7.48. The zero-order valence-corrected chi connectivity index (χ0v) is 12.0. The van der Waals surface area contributed by atoms with Gasteiger partial charge in [0, 0.05) is 28.9 Å². The van der Waals surface area contributed by atoms with Crippen molar-refractivity contribution in [3.8, 4) is 11.3 Å². The fourth-order valence-corrected chi connectivity index (χ4v) is 2.83. The molecule has 0 saturated carbocycles. The maximum Gasteiger partial charge on any atom is 0.225 e. The number of nitrogens with one attached hydrogen (secondary N) is 2. The van der Waals surface area contributed by atoms with Crippen molar-refractivity contribution in [1.82, 2.24) is 10.2 Å². The molecule has 2 N–H and O–H groups in total. The number of carbonyl (C=O) groups excluding carboxylic acids is 1. The van der Waals surface area contributed by atoms with E-state index in [1.807, 2.05) is 24.3 Å². The zero-order valence-electron chi connectivity index (χ0n) is 11.1. The predicted octanol–water partition coefficient (Wildman–Crippen LogP) is 2.82. The third-order valence-electron chi connectivity index (χ3n) is 3.56. The van der Waals surface area contributed by atoms with Gasteiger partial charge in [0.1, 0.15) is 0 Å². The molecule has 4 nitrogen and oxygen atoms in total. The lowest BCUT2D eigenvalue weighted by atomic mass is 10.1. The molecule has 1 aromatic carbocycles. The quantitative estimate of drug-likeness (QED) is 0.757. The van der Waals surface area contributed by atoms with Crippen LogP contribution in [-0.2, 0) is 17.6 Å². The number of hydrogen-bond donors (Lipinski definition) is 3. The third-order valence-corrected chi connectivity index (χ3v) is 3.79. The molecule has 0 radical (unpaired) electrons. The van der Waals surface area contributed by atoms with Gasteiger partial charge in [-0.15, -0.1) is 0 Å². The highest BCUT2D eigenvalue weighted by Crippen LogP contribution is 2.31. The summed E-state index contributed by atoms with van der Waals surface area (Å²) in [6.07, 6.45) is 3.78. The minimum absolute atomic E-state index is 0.00981. The molecule has 1 aliphatic carbocycles. The van der Waals surface area contributed by atoms with Gasteiger partial charge in [-0.3, -0.25) is 9.89 Å². The lowest BCUT2D eigenvalue weighted by Crippen LogP contribution is -2.11. The second-order valence-electron chi connectivity index (χ2n) is 4.99. The Morgan fingerprint density at radius 3 is 3.15 bits per heavy atom. The maximum atomic E-state index is 11.6. The minimum Gasteiger partial charge on any atom is -0.326 e. The van der Waals surface area contributed by atoms with Crippen LogP contribution in [-0.4, -0.2) is 21.9 Å². The van der Waals surface area contributed by atoms with Gasteiger partial charge in [0.2, 0.25) is 5.91 Å². The van der Waals surface area contributed by atoms with Crippen LogP contribution in [0.25, 0.3) is 11.3 Å². The molecule has 20 heavy (non-hydrogen) atoms. The highest BCUT2D eigenvalue weighted by atomic mass is 32.1. The molecule has 0 fully saturated rings. The number of aromatic nitrogens is 2. The molecule has 0 spiro atoms. The second kappa shape index (κ2) is 5.71. The second-order valence-corrected chi connectivity index (χ2v) is 5.43. The van der Waals surface area contributed by atoms with E-state index < -0.39 is 0 Å². The molecule has 3 rings (SSSR count). The molecule has 5 heteroatoms. The SMILES string of the molecule is O=C(CCS)Nc1cccc(-c2n[nH]c3c2CCC3)c1. The molecule has 0 aliphatic heterocycles. The van der Waals surface area contributed by atoms with E-state index in [1.165, 1.54) is 17.7 Å². The molecule has 1 amide bonds. The Kier molecular flexibility index (Phi) is 3.78. The number of benzene rings is 1. The Labute approximate surface area is 123 Å². The highest BCUT2D eigenvalue weighted by molar-refractivity contribution is 7.80. The number of hydrogen-bond acceptors (Lipinski definition) is 3. The Bertz CT molecular complexity index is 636. The van der Waals surface area contributed by atoms with Crippen molar-refractivity contribution in [2.24, 2.45) is 0 Å². The van der Waals surface area contributed by atoms with Crippen molar-refractivity contribution in [3.63, 3.8) is 0 Å². The average Bonchev–Trinajstić information content (AvgIpc) is 3.01. The Morgan fingerprint density at radius 1 is 1.40 bits per heavy atom. The van der Waals surface area contributed by atoms with Crippen LogP contribution in [0.5, 0.6) is 0 Å². The fraction of sp³-hybridized carbons (Fsp3) is 0.333. The van der Waals surface area contributed by atoms with Crippen molar-refractivity contribution >= 4 is 24.2 Å². The number of anilines is 1. The van der Waals surface area contributed by atoms with Crippen molar-refractivity contribution in [2.75, 3.05) is 11.1 Å². The van der Waals surface area contributed by atoms with Gasteiger partial charge < -0.3 is 5.32 Å². The normalized spacial score (nSPS) is 13.2. The number of amides is 1. The highest BCUT2D eigenvalue weighted by Gasteiger charge is 2.19. The number of H-pyrrole nitrogens is 1. The molecule has 1 aliphatic rings. The van der Waals surface area contributed by atoms with Gasteiger partial charge in [0.05, 0.1) is 5.69 Å². The fourth-order valence-electron chi connectivity index (χ4n) is 2.63. The topological polar surface area (TPSA) is 57.8 Å². The van der Waals surface area contributed by atoms with Gasteiger partial charge in [0.15, 0.2) is 0 Å². The van der Waals surface area contributed by atoms with E-state index >= 15 is 0 Å². The lowest BCUT2D eigenvalue weighted by molar-refractivity contribution is -0.115. The van der Waals surface area contributed by atoms with Crippen LogP contribution in [0.1, 0.15) is 24.1 Å². The van der Waals surface area contributed by atoms with Crippen LogP contribution in [0, 0.1) is 0 Å². The summed E-state index contributed by atoms with van der Waals surface area (Å²) in [6, 6.07) is 7.85. The number of rotatable bonds is 4. The summed E-state index contributed by atoms with van der Waals surface area (Å²) < 4.78 is 0. The molecular weight excluding hydrogens is 270 g/mol. The summed E-state index contributed by atoms with van der Waals surface area (Å²) >= 11 is 4.06. The molecule has 0 bridgehead atoms. The first-order valence-electron chi connectivity index (χ1n) is 6.85.